The SMILES string of the molecule is Cc1ccc(N(c2ccc(-c3ccccc3)cc2)c2cc(-c3ccc4c(c3)C(C)(C)c3cc(C(C)(C)C)ccc3-4)cc(-c3ccc4c(c3)C(C)(C)c3cc(C(C)(C)C)ccc3-4)c2)cc1. The number of fused-ring (bicyclic) bond motifs is 6. The van der Waals surface area contributed by atoms with Crippen LogP contribution in [0.15, 0.2) is 170 Å². The molecule has 0 spiro atoms. The highest BCUT2D eigenvalue weighted by atomic mass is 15.1. The van der Waals surface area contributed by atoms with Crippen LogP contribution in [-0.4, -0.2) is 0 Å². The molecular weight excluding hydrogens is 771 g/mol. The van der Waals surface area contributed by atoms with Crippen molar-refractivity contribution >= 4 is 17.1 Å². The lowest BCUT2D eigenvalue weighted by molar-refractivity contribution is 0.584. The molecule has 0 unspecified atom stereocenters. The van der Waals surface area contributed by atoms with Crippen molar-refractivity contribution < 1.29 is 0 Å². The van der Waals surface area contributed by atoms with E-state index in [4.69, 9.17) is 0 Å². The Morgan fingerprint density at radius 3 is 1.14 bits per heavy atom. The lowest BCUT2D eigenvalue weighted by Crippen LogP contribution is -2.17. The maximum absolute atomic E-state index is 2.48. The van der Waals surface area contributed by atoms with Gasteiger partial charge in [0, 0.05) is 27.9 Å². The number of hydrogen-bond donors (Lipinski definition) is 0. The molecule has 1 nitrogen and oxygen atoms in total. The lowest BCUT2D eigenvalue weighted by atomic mass is 9.78. The molecule has 64 heavy (non-hydrogen) atoms. The molecule has 0 heterocycles. The monoisotopic (exact) mass is 831 g/mol. The van der Waals surface area contributed by atoms with Crippen molar-refractivity contribution in [1.82, 2.24) is 0 Å². The van der Waals surface area contributed by atoms with E-state index in [9.17, 15) is 0 Å². The van der Waals surface area contributed by atoms with Crippen molar-refractivity contribution in [3.8, 4) is 55.6 Å². The van der Waals surface area contributed by atoms with Gasteiger partial charge in [-0.3, -0.25) is 0 Å². The van der Waals surface area contributed by atoms with E-state index in [-0.39, 0.29) is 21.7 Å². The molecule has 318 valence electrons. The Labute approximate surface area is 382 Å². The van der Waals surface area contributed by atoms with Crippen LogP contribution in [0.3, 0.4) is 0 Å². The van der Waals surface area contributed by atoms with Crippen molar-refractivity contribution in [2.45, 2.75) is 97.8 Å². The summed E-state index contributed by atoms with van der Waals surface area (Å²) in [6.07, 6.45) is 0. The second kappa shape index (κ2) is 14.8. The molecule has 10 rings (SSSR count). The average molecular weight is 832 g/mol. The summed E-state index contributed by atoms with van der Waals surface area (Å²) in [7, 11) is 0. The number of aryl methyl sites for hydroxylation is 1. The molecule has 0 N–H and O–H groups in total. The Balaban J connectivity index is 1.15. The minimum Gasteiger partial charge on any atom is -0.310 e. The zero-order chi connectivity index (χ0) is 44.9. The quantitative estimate of drug-likeness (QED) is 0.161. The van der Waals surface area contributed by atoms with Gasteiger partial charge in [-0.2, -0.15) is 0 Å². The van der Waals surface area contributed by atoms with Crippen LogP contribution in [0.25, 0.3) is 55.6 Å². The molecule has 0 radical (unpaired) electrons. The van der Waals surface area contributed by atoms with Crippen molar-refractivity contribution in [3.63, 3.8) is 0 Å². The summed E-state index contributed by atoms with van der Waals surface area (Å²) < 4.78 is 0. The van der Waals surface area contributed by atoms with Crippen LogP contribution in [0.4, 0.5) is 17.1 Å². The van der Waals surface area contributed by atoms with Crippen LogP contribution in [0.5, 0.6) is 0 Å². The van der Waals surface area contributed by atoms with Crippen LogP contribution < -0.4 is 4.90 Å². The number of anilines is 3. The molecule has 0 atom stereocenters. The number of hydrogen-bond acceptors (Lipinski definition) is 1. The maximum Gasteiger partial charge on any atom is 0.0473 e. The molecule has 0 aliphatic heterocycles. The fourth-order valence-electron chi connectivity index (χ4n) is 10.4. The second-order valence-corrected chi connectivity index (χ2v) is 21.6. The van der Waals surface area contributed by atoms with Gasteiger partial charge in [0.1, 0.15) is 0 Å². The zero-order valence-electron chi connectivity index (χ0n) is 39.6. The summed E-state index contributed by atoms with van der Waals surface area (Å²) in [5, 5.41) is 0. The first kappa shape index (κ1) is 41.6. The summed E-state index contributed by atoms with van der Waals surface area (Å²) in [6.45, 7) is 25.7. The van der Waals surface area contributed by atoms with Gasteiger partial charge in [-0.05, 0) is 161 Å². The Hall–Kier alpha value is -6.44. The van der Waals surface area contributed by atoms with E-state index >= 15 is 0 Å². The third kappa shape index (κ3) is 7.01. The predicted octanol–water partition coefficient (Wildman–Crippen LogP) is 17.7. The Morgan fingerprint density at radius 1 is 0.328 bits per heavy atom. The van der Waals surface area contributed by atoms with Gasteiger partial charge in [0.25, 0.3) is 0 Å². The van der Waals surface area contributed by atoms with E-state index in [2.05, 4.69) is 251 Å². The van der Waals surface area contributed by atoms with Crippen molar-refractivity contribution in [2.75, 3.05) is 4.90 Å². The van der Waals surface area contributed by atoms with E-state index < -0.39 is 0 Å². The Morgan fingerprint density at radius 2 is 0.703 bits per heavy atom. The summed E-state index contributed by atoms with van der Waals surface area (Å²) in [5.74, 6) is 0. The van der Waals surface area contributed by atoms with Crippen molar-refractivity contribution in [1.29, 1.82) is 0 Å². The maximum atomic E-state index is 2.48. The van der Waals surface area contributed by atoms with Crippen LogP contribution in [0, 0.1) is 6.92 Å². The van der Waals surface area contributed by atoms with Gasteiger partial charge in [0.05, 0.1) is 0 Å². The summed E-state index contributed by atoms with van der Waals surface area (Å²) in [5.41, 5.74) is 25.6. The van der Waals surface area contributed by atoms with Gasteiger partial charge >= 0.3 is 0 Å². The fraction of sp³-hybridized carbons (Fsp3) is 0.238. The molecule has 0 saturated carbocycles. The number of nitrogens with zero attached hydrogens (tertiary/aromatic N) is 1. The number of rotatable bonds is 6. The van der Waals surface area contributed by atoms with Crippen LogP contribution in [-0.2, 0) is 21.7 Å². The third-order valence-corrected chi connectivity index (χ3v) is 14.5. The minimum absolute atomic E-state index is 0.0814. The molecule has 0 bridgehead atoms. The molecule has 0 aromatic heterocycles. The third-order valence-electron chi connectivity index (χ3n) is 14.5. The molecule has 1 heteroatoms. The number of benzene rings is 8. The Kier molecular flexibility index (Phi) is 9.62. The topological polar surface area (TPSA) is 3.24 Å². The molecule has 8 aromatic rings. The van der Waals surface area contributed by atoms with Gasteiger partial charge in [0.15, 0.2) is 0 Å². The van der Waals surface area contributed by atoms with Gasteiger partial charge in [-0.15, -0.1) is 0 Å². The molecule has 0 amide bonds. The molecule has 2 aliphatic rings. The van der Waals surface area contributed by atoms with E-state index in [1.165, 1.54) is 94.6 Å². The van der Waals surface area contributed by atoms with Gasteiger partial charge in [0.2, 0.25) is 0 Å². The van der Waals surface area contributed by atoms with Gasteiger partial charge < -0.3 is 4.90 Å². The Bertz CT molecular complexity index is 2950. The minimum atomic E-state index is -0.135. The highest BCUT2D eigenvalue weighted by molar-refractivity contribution is 5.90. The van der Waals surface area contributed by atoms with Crippen molar-refractivity contribution in [3.05, 3.63) is 209 Å². The first-order chi connectivity index (χ1) is 30.4. The van der Waals surface area contributed by atoms with E-state index in [1.807, 2.05) is 0 Å². The normalized spacial score (nSPS) is 14.4. The molecule has 0 fully saturated rings. The molecule has 2 aliphatic carbocycles. The zero-order valence-corrected chi connectivity index (χ0v) is 39.6. The fourth-order valence-corrected chi connectivity index (χ4v) is 10.4. The van der Waals surface area contributed by atoms with Crippen LogP contribution in [0.1, 0.15) is 108 Å². The van der Waals surface area contributed by atoms with E-state index in [0.717, 1.165) is 17.1 Å². The first-order valence-corrected chi connectivity index (χ1v) is 23.2. The summed E-state index contributed by atoms with van der Waals surface area (Å²) in [4.78, 5) is 2.43. The van der Waals surface area contributed by atoms with Gasteiger partial charge in [-0.1, -0.05) is 190 Å². The molecule has 8 aromatic carbocycles. The smallest absolute Gasteiger partial charge is 0.0473 e. The first-order valence-electron chi connectivity index (χ1n) is 23.2. The highest BCUT2D eigenvalue weighted by Crippen LogP contribution is 2.53. The van der Waals surface area contributed by atoms with E-state index in [1.54, 1.807) is 0 Å². The van der Waals surface area contributed by atoms with Gasteiger partial charge in [-0.25, -0.2) is 0 Å². The standard InChI is InChI=1S/C63H61N/c1-40-17-25-49(26-18-40)64(50-27-19-42(20-28-50)41-15-13-12-14-16-41)51-34-45(43-21-29-52-54-31-23-47(60(2,3)4)38-58(54)62(8,9)56(52)36-43)33-46(35-51)44-22-30-53-55-32-24-48(61(5,6)7)39-59(55)63(10,11)57(53)37-44/h12-39H,1-11H3. The molecule has 0 saturated heterocycles. The van der Waals surface area contributed by atoms with Crippen molar-refractivity contribution in [2.24, 2.45) is 0 Å². The van der Waals surface area contributed by atoms with Crippen LogP contribution >= 0.6 is 0 Å². The lowest BCUT2D eigenvalue weighted by Gasteiger charge is -2.28. The van der Waals surface area contributed by atoms with Crippen LogP contribution in [0.2, 0.25) is 0 Å². The van der Waals surface area contributed by atoms with E-state index in [0.29, 0.717) is 0 Å². The summed E-state index contributed by atoms with van der Waals surface area (Å²) >= 11 is 0. The second-order valence-electron chi connectivity index (χ2n) is 21.6. The largest absolute Gasteiger partial charge is 0.310 e. The average Bonchev–Trinajstić information content (AvgIpc) is 3.65. The highest BCUT2D eigenvalue weighted by Gasteiger charge is 2.38. The predicted molar refractivity (Wildman–Crippen MR) is 275 cm³/mol. The molecular formula is C63H61N. The summed E-state index contributed by atoms with van der Waals surface area (Å²) in [6, 6.07) is 64.7.